The summed E-state index contributed by atoms with van der Waals surface area (Å²) in [7, 11) is 3.23. The van der Waals surface area contributed by atoms with Crippen LogP contribution in [0.2, 0.25) is 0 Å². The zero-order valence-electron chi connectivity index (χ0n) is 12.0. The summed E-state index contributed by atoms with van der Waals surface area (Å²) in [5, 5.41) is 0. The molecule has 1 unspecified atom stereocenters. The van der Waals surface area contributed by atoms with Crippen molar-refractivity contribution in [2.75, 3.05) is 27.3 Å². The highest BCUT2D eigenvalue weighted by Crippen LogP contribution is 2.31. The topological polar surface area (TPSA) is 77.7 Å². The van der Waals surface area contributed by atoms with Gasteiger partial charge in [-0.05, 0) is 18.9 Å². The van der Waals surface area contributed by atoms with Crippen LogP contribution in [0.5, 0.6) is 11.5 Å². The van der Waals surface area contributed by atoms with E-state index in [-0.39, 0.29) is 5.91 Å². The molecule has 2 heterocycles. The Morgan fingerprint density at radius 2 is 2.30 bits per heavy atom. The third-order valence-electron chi connectivity index (χ3n) is 3.60. The van der Waals surface area contributed by atoms with Crippen molar-refractivity contribution in [3.05, 3.63) is 18.0 Å². The van der Waals surface area contributed by atoms with Crippen LogP contribution >= 0.6 is 0 Å². The highest BCUT2D eigenvalue weighted by atomic mass is 16.5. The Morgan fingerprint density at radius 3 is 2.95 bits per heavy atom. The SMILES string of the molecule is COc1ccnc(CN2CCC(CC(N)=O)C2)c1OC. The summed E-state index contributed by atoms with van der Waals surface area (Å²) in [4.78, 5) is 17.6. The van der Waals surface area contributed by atoms with Gasteiger partial charge in [-0.3, -0.25) is 14.7 Å². The van der Waals surface area contributed by atoms with Crippen molar-refractivity contribution >= 4 is 5.91 Å². The van der Waals surface area contributed by atoms with Gasteiger partial charge in [0.15, 0.2) is 11.5 Å². The molecule has 6 nitrogen and oxygen atoms in total. The van der Waals surface area contributed by atoms with Crippen LogP contribution in [0.3, 0.4) is 0 Å². The van der Waals surface area contributed by atoms with E-state index in [1.807, 2.05) is 0 Å². The van der Waals surface area contributed by atoms with E-state index < -0.39 is 0 Å². The zero-order valence-corrected chi connectivity index (χ0v) is 12.0. The number of nitrogens with two attached hydrogens (primary N) is 1. The zero-order chi connectivity index (χ0) is 14.5. The first-order chi connectivity index (χ1) is 9.63. The molecule has 1 aromatic rings. The number of hydrogen-bond donors (Lipinski definition) is 1. The third kappa shape index (κ3) is 3.39. The van der Waals surface area contributed by atoms with Gasteiger partial charge in [-0.1, -0.05) is 0 Å². The van der Waals surface area contributed by atoms with E-state index in [0.717, 1.165) is 25.2 Å². The van der Waals surface area contributed by atoms with Crippen LogP contribution < -0.4 is 15.2 Å². The second kappa shape index (κ2) is 6.56. The molecule has 0 aliphatic carbocycles. The minimum Gasteiger partial charge on any atom is -0.493 e. The van der Waals surface area contributed by atoms with Crippen molar-refractivity contribution in [3.8, 4) is 11.5 Å². The first-order valence-electron chi connectivity index (χ1n) is 6.70. The fourth-order valence-electron chi connectivity index (χ4n) is 2.68. The number of methoxy groups -OCH3 is 2. The van der Waals surface area contributed by atoms with Gasteiger partial charge in [-0.25, -0.2) is 0 Å². The number of pyridine rings is 1. The van der Waals surface area contributed by atoms with Gasteiger partial charge in [0, 0.05) is 31.8 Å². The van der Waals surface area contributed by atoms with Gasteiger partial charge >= 0.3 is 0 Å². The van der Waals surface area contributed by atoms with Crippen molar-refractivity contribution < 1.29 is 14.3 Å². The van der Waals surface area contributed by atoms with Crippen molar-refractivity contribution in [2.45, 2.75) is 19.4 Å². The number of carbonyl (C=O) groups excluding carboxylic acids is 1. The summed E-state index contributed by atoms with van der Waals surface area (Å²) < 4.78 is 10.7. The van der Waals surface area contributed by atoms with Gasteiger partial charge < -0.3 is 15.2 Å². The molecule has 1 atom stereocenters. The van der Waals surface area contributed by atoms with E-state index in [4.69, 9.17) is 15.2 Å². The summed E-state index contributed by atoms with van der Waals surface area (Å²) in [6.45, 7) is 2.50. The Kier molecular flexibility index (Phi) is 4.79. The molecule has 110 valence electrons. The number of nitrogens with zero attached hydrogens (tertiary/aromatic N) is 2. The lowest BCUT2D eigenvalue weighted by Gasteiger charge is -2.18. The van der Waals surface area contributed by atoms with Crippen LogP contribution in [0.4, 0.5) is 0 Å². The molecule has 1 amide bonds. The molecule has 20 heavy (non-hydrogen) atoms. The minimum atomic E-state index is -0.228. The van der Waals surface area contributed by atoms with Crippen molar-refractivity contribution in [3.63, 3.8) is 0 Å². The van der Waals surface area contributed by atoms with Gasteiger partial charge in [0.2, 0.25) is 5.91 Å². The van der Waals surface area contributed by atoms with Crippen LogP contribution in [0.15, 0.2) is 12.3 Å². The molecule has 6 heteroatoms. The monoisotopic (exact) mass is 279 g/mol. The van der Waals surface area contributed by atoms with E-state index in [9.17, 15) is 4.79 Å². The molecular weight excluding hydrogens is 258 g/mol. The molecule has 1 aromatic heterocycles. The lowest BCUT2D eigenvalue weighted by Crippen LogP contribution is -2.23. The number of likely N-dealkylation sites (tertiary alicyclic amines) is 1. The smallest absolute Gasteiger partial charge is 0.217 e. The second-order valence-electron chi connectivity index (χ2n) is 5.05. The molecule has 1 aliphatic heterocycles. The Balaban J connectivity index is 2.02. The standard InChI is InChI=1S/C14H21N3O3/c1-19-12-3-5-16-11(14(12)20-2)9-17-6-4-10(8-17)7-13(15)18/h3,5,10H,4,6-9H2,1-2H3,(H2,15,18). The molecule has 1 fully saturated rings. The van der Waals surface area contributed by atoms with Crippen LogP contribution in [0.1, 0.15) is 18.5 Å². The Bertz CT molecular complexity index is 479. The van der Waals surface area contributed by atoms with Gasteiger partial charge in [-0.15, -0.1) is 0 Å². The second-order valence-corrected chi connectivity index (χ2v) is 5.05. The predicted octanol–water partition coefficient (Wildman–Crippen LogP) is 0.796. The highest BCUT2D eigenvalue weighted by Gasteiger charge is 2.25. The number of carbonyl (C=O) groups is 1. The summed E-state index contributed by atoms with van der Waals surface area (Å²) in [5.41, 5.74) is 6.10. The van der Waals surface area contributed by atoms with Crippen molar-refractivity contribution in [1.29, 1.82) is 0 Å². The molecule has 1 aliphatic rings. The van der Waals surface area contributed by atoms with E-state index in [0.29, 0.717) is 30.4 Å². The predicted molar refractivity (Wildman–Crippen MR) is 74.5 cm³/mol. The number of rotatable bonds is 6. The fraction of sp³-hybridized carbons (Fsp3) is 0.571. The van der Waals surface area contributed by atoms with Crippen LogP contribution in [0, 0.1) is 5.92 Å². The normalized spacial score (nSPS) is 19.0. The number of primary amides is 1. The van der Waals surface area contributed by atoms with Gasteiger partial charge in [0.05, 0.1) is 14.2 Å². The Hall–Kier alpha value is -1.82. The molecule has 1 saturated heterocycles. The lowest BCUT2D eigenvalue weighted by molar-refractivity contribution is -0.118. The summed E-state index contributed by atoms with van der Waals surface area (Å²) in [5.74, 6) is 1.48. The number of aromatic nitrogens is 1. The Labute approximate surface area is 118 Å². The first-order valence-corrected chi connectivity index (χ1v) is 6.70. The average molecular weight is 279 g/mol. The summed E-state index contributed by atoms with van der Waals surface area (Å²) in [6.07, 6.45) is 3.17. The largest absolute Gasteiger partial charge is 0.493 e. The van der Waals surface area contributed by atoms with Crippen LogP contribution in [-0.2, 0) is 11.3 Å². The number of ether oxygens (including phenoxy) is 2. The van der Waals surface area contributed by atoms with Crippen molar-refractivity contribution in [2.24, 2.45) is 11.7 Å². The lowest BCUT2D eigenvalue weighted by atomic mass is 10.1. The van der Waals surface area contributed by atoms with Crippen LogP contribution in [0.25, 0.3) is 0 Å². The van der Waals surface area contributed by atoms with E-state index in [1.54, 1.807) is 26.5 Å². The molecule has 0 spiro atoms. The van der Waals surface area contributed by atoms with Crippen LogP contribution in [-0.4, -0.2) is 43.1 Å². The summed E-state index contributed by atoms with van der Waals surface area (Å²) >= 11 is 0. The Morgan fingerprint density at radius 1 is 1.50 bits per heavy atom. The van der Waals surface area contributed by atoms with Gasteiger partial charge in [0.1, 0.15) is 5.69 Å². The van der Waals surface area contributed by atoms with E-state index in [2.05, 4.69) is 9.88 Å². The highest BCUT2D eigenvalue weighted by molar-refractivity contribution is 5.74. The maximum absolute atomic E-state index is 11.0. The molecular formula is C14H21N3O3. The molecule has 2 N–H and O–H groups in total. The maximum atomic E-state index is 11.0. The van der Waals surface area contributed by atoms with Crippen molar-refractivity contribution in [1.82, 2.24) is 9.88 Å². The molecule has 0 bridgehead atoms. The molecule has 2 rings (SSSR count). The van der Waals surface area contributed by atoms with Gasteiger partial charge in [-0.2, -0.15) is 0 Å². The van der Waals surface area contributed by atoms with Gasteiger partial charge in [0.25, 0.3) is 0 Å². The van der Waals surface area contributed by atoms with E-state index >= 15 is 0 Å². The molecule has 0 saturated carbocycles. The minimum absolute atomic E-state index is 0.228. The van der Waals surface area contributed by atoms with E-state index in [1.165, 1.54) is 0 Å². The maximum Gasteiger partial charge on any atom is 0.217 e. The third-order valence-corrected chi connectivity index (χ3v) is 3.60. The average Bonchev–Trinajstić information content (AvgIpc) is 2.84. The molecule has 0 radical (unpaired) electrons. The summed E-state index contributed by atoms with van der Waals surface area (Å²) in [6, 6.07) is 1.78. The number of hydrogen-bond acceptors (Lipinski definition) is 5. The first kappa shape index (κ1) is 14.6. The fourth-order valence-corrected chi connectivity index (χ4v) is 2.68. The quantitative estimate of drug-likeness (QED) is 0.833. The molecule has 0 aromatic carbocycles. The number of amides is 1.